The third kappa shape index (κ3) is 4.85. The number of ether oxygens (including phenoxy) is 1. The maximum absolute atomic E-state index is 11.9. The Bertz CT molecular complexity index is 369. The highest BCUT2D eigenvalue weighted by Gasteiger charge is 2.15. The molecule has 1 atom stereocenters. The lowest BCUT2D eigenvalue weighted by molar-refractivity contribution is 0.0428. The molecule has 1 unspecified atom stereocenters. The van der Waals surface area contributed by atoms with Crippen LogP contribution in [0.2, 0.25) is 0 Å². The Balaban J connectivity index is 2.44. The minimum Gasteiger partial charge on any atom is -0.389 e. The quantitative estimate of drug-likeness (QED) is 0.775. The number of nitrogens with zero attached hydrogens (tertiary/aromatic N) is 1. The van der Waals surface area contributed by atoms with Crippen molar-refractivity contribution in [2.24, 2.45) is 0 Å². The molecular formula is C11H16BrNO3S. The lowest BCUT2D eigenvalue weighted by Gasteiger charge is -2.19. The van der Waals surface area contributed by atoms with Crippen LogP contribution in [0.5, 0.6) is 0 Å². The molecule has 0 radical (unpaired) electrons. The van der Waals surface area contributed by atoms with E-state index in [0.29, 0.717) is 13.1 Å². The van der Waals surface area contributed by atoms with Crippen LogP contribution < -0.4 is 0 Å². The molecule has 1 rings (SSSR count). The molecule has 4 nitrogen and oxygen atoms in total. The smallest absolute Gasteiger partial charge is 0.187 e. The Labute approximate surface area is 113 Å². The predicted octanol–water partition coefficient (Wildman–Crippen LogP) is 1.63. The van der Waals surface area contributed by atoms with Crippen molar-refractivity contribution in [3.63, 3.8) is 0 Å². The van der Waals surface area contributed by atoms with Crippen LogP contribution in [-0.2, 0) is 4.74 Å². The Kier molecular flexibility index (Phi) is 6.29. The van der Waals surface area contributed by atoms with Crippen molar-refractivity contribution in [3.8, 4) is 0 Å². The van der Waals surface area contributed by atoms with Gasteiger partial charge in [-0.3, -0.25) is 9.69 Å². The molecule has 96 valence electrons. The van der Waals surface area contributed by atoms with Crippen LogP contribution >= 0.6 is 27.3 Å². The van der Waals surface area contributed by atoms with Gasteiger partial charge in [-0.25, -0.2) is 0 Å². The Morgan fingerprint density at radius 2 is 2.41 bits per heavy atom. The Morgan fingerprint density at radius 3 is 2.94 bits per heavy atom. The molecular weight excluding hydrogens is 306 g/mol. The number of hydrogen-bond donors (Lipinski definition) is 1. The highest BCUT2D eigenvalue weighted by atomic mass is 79.9. The van der Waals surface area contributed by atoms with E-state index in [1.807, 2.05) is 11.4 Å². The van der Waals surface area contributed by atoms with Gasteiger partial charge in [0.25, 0.3) is 0 Å². The van der Waals surface area contributed by atoms with Crippen molar-refractivity contribution in [3.05, 3.63) is 20.8 Å². The van der Waals surface area contributed by atoms with Gasteiger partial charge in [-0.2, -0.15) is 0 Å². The molecule has 1 heterocycles. The number of likely N-dealkylation sites (N-methyl/N-ethyl adjacent to an activating group) is 1. The van der Waals surface area contributed by atoms with Gasteiger partial charge < -0.3 is 9.84 Å². The van der Waals surface area contributed by atoms with Gasteiger partial charge in [-0.1, -0.05) is 0 Å². The molecule has 17 heavy (non-hydrogen) atoms. The number of methoxy groups -OCH3 is 1. The monoisotopic (exact) mass is 321 g/mol. The third-order valence-electron chi connectivity index (χ3n) is 2.17. The first-order chi connectivity index (χ1) is 8.04. The second-order valence-electron chi connectivity index (χ2n) is 3.83. The van der Waals surface area contributed by atoms with Crippen LogP contribution in [0.25, 0.3) is 0 Å². The highest BCUT2D eigenvalue weighted by molar-refractivity contribution is 9.10. The summed E-state index contributed by atoms with van der Waals surface area (Å²) >= 11 is 4.75. The second-order valence-corrected chi connectivity index (χ2v) is 5.60. The summed E-state index contributed by atoms with van der Waals surface area (Å²) < 4.78 is 5.67. The van der Waals surface area contributed by atoms with E-state index in [-0.39, 0.29) is 12.4 Å². The molecule has 0 fully saturated rings. The average molecular weight is 322 g/mol. The molecule has 0 spiro atoms. The standard InChI is InChI=1S/C11H16BrNO3S/c1-13(5-8(14)7-16-2)6-10(15)11-9(12)3-4-17-11/h3-4,8,14H,5-7H2,1-2H3. The summed E-state index contributed by atoms with van der Waals surface area (Å²) in [5, 5.41) is 11.4. The van der Waals surface area contributed by atoms with Crippen molar-refractivity contribution >= 4 is 33.0 Å². The van der Waals surface area contributed by atoms with Gasteiger partial charge in [-0.15, -0.1) is 11.3 Å². The molecule has 0 saturated carbocycles. The van der Waals surface area contributed by atoms with E-state index < -0.39 is 6.10 Å². The fourth-order valence-electron chi connectivity index (χ4n) is 1.48. The largest absolute Gasteiger partial charge is 0.389 e. The SMILES string of the molecule is COCC(O)CN(C)CC(=O)c1sccc1Br. The zero-order valence-corrected chi connectivity index (χ0v) is 12.3. The average Bonchev–Trinajstić information content (AvgIpc) is 2.64. The summed E-state index contributed by atoms with van der Waals surface area (Å²) in [5.74, 6) is 0.0546. The van der Waals surface area contributed by atoms with Crippen molar-refractivity contribution in [1.82, 2.24) is 4.90 Å². The molecule has 0 bridgehead atoms. The number of hydrogen-bond acceptors (Lipinski definition) is 5. The number of thiophene rings is 1. The van der Waals surface area contributed by atoms with E-state index in [1.54, 1.807) is 11.9 Å². The molecule has 0 aliphatic heterocycles. The number of carbonyl (C=O) groups is 1. The predicted molar refractivity (Wildman–Crippen MR) is 71.7 cm³/mol. The van der Waals surface area contributed by atoms with Gasteiger partial charge in [0.2, 0.25) is 0 Å². The molecule has 6 heteroatoms. The first-order valence-corrected chi connectivity index (χ1v) is 6.83. The number of carbonyl (C=O) groups excluding carboxylic acids is 1. The molecule has 1 aromatic rings. The lowest BCUT2D eigenvalue weighted by atomic mass is 10.3. The number of aliphatic hydroxyl groups is 1. The van der Waals surface area contributed by atoms with Crippen LogP contribution in [0, 0.1) is 0 Å². The number of rotatable bonds is 7. The summed E-state index contributed by atoms with van der Waals surface area (Å²) in [6.45, 7) is 0.990. The topological polar surface area (TPSA) is 49.8 Å². The van der Waals surface area contributed by atoms with Crippen LogP contribution in [0.1, 0.15) is 9.67 Å². The summed E-state index contributed by atoms with van der Waals surface area (Å²) in [6, 6.07) is 1.86. The van der Waals surface area contributed by atoms with Gasteiger partial charge in [0, 0.05) is 18.1 Å². The zero-order chi connectivity index (χ0) is 12.8. The fourth-order valence-corrected chi connectivity index (χ4v) is 3.00. The molecule has 0 amide bonds. The van der Waals surface area contributed by atoms with E-state index in [1.165, 1.54) is 18.4 Å². The van der Waals surface area contributed by atoms with Crippen molar-refractivity contribution in [1.29, 1.82) is 0 Å². The summed E-state index contributed by atoms with van der Waals surface area (Å²) in [7, 11) is 3.34. The van der Waals surface area contributed by atoms with Gasteiger partial charge in [0.15, 0.2) is 5.78 Å². The van der Waals surface area contributed by atoms with Crippen LogP contribution in [0.4, 0.5) is 0 Å². The second kappa shape index (κ2) is 7.23. The molecule has 0 aliphatic carbocycles. The van der Waals surface area contributed by atoms with E-state index in [0.717, 1.165) is 9.35 Å². The van der Waals surface area contributed by atoms with E-state index in [2.05, 4.69) is 15.9 Å². The van der Waals surface area contributed by atoms with Crippen molar-refractivity contribution in [2.45, 2.75) is 6.10 Å². The fraction of sp³-hybridized carbons (Fsp3) is 0.545. The summed E-state index contributed by atoms with van der Waals surface area (Å²) in [5.41, 5.74) is 0. The number of Topliss-reactive ketones (excluding diaryl/α,β-unsaturated/α-hetero) is 1. The molecule has 0 saturated heterocycles. The van der Waals surface area contributed by atoms with Crippen LogP contribution in [0.3, 0.4) is 0 Å². The molecule has 1 aromatic heterocycles. The van der Waals surface area contributed by atoms with Crippen LogP contribution in [0.15, 0.2) is 15.9 Å². The summed E-state index contributed by atoms with van der Waals surface area (Å²) in [6.07, 6.45) is -0.565. The van der Waals surface area contributed by atoms with Crippen LogP contribution in [-0.4, -0.2) is 55.7 Å². The summed E-state index contributed by atoms with van der Waals surface area (Å²) in [4.78, 5) is 14.4. The number of aliphatic hydroxyl groups excluding tert-OH is 1. The Morgan fingerprint density at radius 1 is 1.71 bits per heavy atom. The zero-order valence-electron chi connectivity index (χ0n) is 9.85. The third-order valence-corrected chi connectivity index (χ3v) is 4.04. The highest BCUT2D eigenvalue weighted by Crippen LogP contribution is 2.23. The minimum absolute atomic E-state index is 0.0546. The maximum Gasteiger partial charge on any atom is 0.187 e. The Hall–Kier alpha value is -0.270. The van der Waals surface area contributed by atoms with Crippen molar-refractivity contribution < 1.29 is 14.6 Å². The lowest BCUT2D eigenvalue weighted by Crippen LogP contribution is -2.35. The molecule has 0 aromatic carbocycles. The van der Waals surface area contributed by atoms with Gasteiger partial charge in [-0.05, 0) is 34.4 Å². The number of halogens is 1. The maximum atomic E-state index is 11.9. The van der Waals surface area contributed by atoms with Gasteiger partial charge in [0.1, 0.15) is 0 Å². The van der Waals surface area contributed by atoms with E-state index in [4.69, 9.17) is 4.74 Å². The number of ketones is 1. The van der Waals surface area contributed by atoms with E-state index >= 15 is 0 Å². The van der Waals surface area contributed by atoms with Crippen molar-refractivity contribution in [2.75, 3.05) is 33.9 Å². The van der Waals surface area contributed by atoms with Gasteiger partial charge >= 0.3 is 0 Å². The van der Waals surface area contributed by atoms with Gasteiger partial charge in [0.05, 0.1) is 24.1 Å². The first-order valence-electron chi connectivity index (χ1n) is 5.16. The normalized spacial score (nSPS) is 13.0. The molecule has 1 N–H and O–H groups in total. The molecule has 0 aliphatic rings. The minimum atomic E-state index is -0.565. The first kappa shape index (κ1) is 14.8. The van der Waals surface area contributed by atoms with E-state index in [9.17, 15) is 9.90 Å².